The SMILES string of the molecule is CNC(=O)C(=O)Nc1ccc(NC(C)=O)cc1. The number of anilines is 2. The molecule has 0 aliphatic rings. The van der Waals surface area contributed by atoms with E-state index in [1.807, 2.05) is 0 Å². The Bertz CT molecular complexity index is 440. The molecule has 0 unspecified atom stereocenters. The Balaban J connectivity index is 2.65. The molecule has 6 nitrogen and oxygen atoms in total. The lowest BCUT2D eigenvalue weighted by Gasteiger charge is -2.05. The van der Waals surface area contributed by atoms with Crippen molar-refractivity contribution < 1.29 is 14.4 Å². The molecule has 6 heteroatoms. The lowest BCUT2D eigenvalue weighted by Crippen LogP contribution is -2.32. The van der Waals surface area contributed by atoms with Crippen LogP contribution in [-0.4, -0.2) is 24.8 Å². The molecule has 0 spiro atoms. The average molecular weight is 235 g/mol. The van der Waals surface area contributed by atoms with Crippen molar-refractivity contribution in [2.45, 2.75) is 6.92 Å². The second kappa shape index (κ2) is 5.64. The van der Waals surface area contributed by atoms with E-state index in [9.17, 15) is 14.4 Å². The first-order valence-corrected chi connectivity index (χ1v) is 4.93. The molecule has 0 bridgehead atoms. The van der Waals surface area contributed by atoms with Gasteiger partial charge in [0.25, 0.3) is 0 Å². The standard InChI is InChI=1S/C11H13N3O3/c1-7(15)13-8-3-5-9(6-4-8)14-11(17)10(16)12-2/h3-6H,1-2H3,(H,12,16)(H,13,15)(H,14,17). The van der Waals surface area contributed by atoms with Crippen LogP contribution in [0.2, 0.25) is 0 Å². The van der Waals surface area contributed by atoms with E-state index < -0.39 is 11.8 Å². The van der Waals surface area contributed by atoms with E-state index in [1.165, 1.54) is 14.0 Å². The molecule has 0 atom stereocenters. The van der Waals surface area contributed by atoms with Crippen molar-refractivity contribution in [3.05, 3.63) is 24.3 Å². The number of nitrogens with one attached hydrogen (secondary N) is 3. The second-order valence-corrected chi connectivity index (χ2v) is 3.29. The van der Waals surface area contributed by atoms with Gasteiger partial charge in [-0.2, -0.15) is 0 Å². The van der Waals surface area contributed by atoms with Crippen molar-refractivity contribution >= 4 is 29.1 Å². The predicted molar refractivity (Wildman–Crippen MR) is 63.4 cm³/mol. The molecule has 1 rings (SSSR count). The number of carbonyl (C=O) groups is 3. The average Bonchev–Trinajstić information content (AvgIpc) is 2.30. The van der Waals surface area contributed by atoms with Crippen LogP contribution >= 0.6 is 0 Å². The van der Waals surface area contributed by atoms with E-state index in [0.717, 1.165) is 0 Å². The number of hydrogen-bond donors (Lipinski definition) is 3. The molecule has 3 N–H and O–H groups in total. The summed E-state index contributed by atoms with van der Waals surface area (Å²) < 4.78 is 0. The molecule has 90 valence electrons. The van der Waals surface area contributed by atoms with Gasteiger partial charge in [-0.3, -0.25) is 14.4 Å². The third-order valence-corrected chi connectivity index (χ3v) is 1.90. The number of carbonyl (C=O) groups excluding carboxylic acids is 3. The molecule has 17 heavy (non-hydrogen) atoms. The Morgan fingerprint density at radius 3 is 1.76 bits per heavy atom. The van der Waals surface area contributed by atoms with Gasteiger partial charge in [0.05, 0.1) is 0 Å². The lowest BCUT2D eigenvalue weighted by atomic mass is 10.2. The van der Waals surface area contributed by atoms with Crippen molar-refractivity contribution in [1.82, 2.24) is 5.32 Å². The van der Waals surface area contributed by atoms with E-state index in [4.69, 9.17) is 0 Å². The van der Waals surface area contributed by atoms with Crippen molar-refractivity contribution in [3.63, 3.8) is 0 Å². The summed E-state index contributed by atoms with van der Waals surface area (Å²) in [5.74, 6) is -1.62. The van der Waals surface area contributed by atoms with Crippen LogP contribution in [0, 0.1) is 0 Å². The maximum Gasteiger partial charge on any atom is 0.313 e. The zero-order chi connectivity index (χ0) is 12.8. The summed E-state index contributed by atoms with van der Waals surface area (Å²) in [6, 6.07) is 6.43. The van der Waals surface area contributed by atoms with Gasteiger partial charge in [-0.15, -0.1) is 0 Å². The number of likely N-dealkylation sites (N-methyl/N-ethyl adjacent to an activating group) is 1. The minimum Gasteiger partial charge on any atom is -0.351 e. The van der Waals surface area contributed by atoms with Crippen molar-refractivity contribution in [2.75, 3.05) is 17.7 Å². The summed E-state index contributed by atoms with van der Waals surface area (Å²) in [6.07, 6.45) is 0. The molecule has 0 heterocycles. The van der Waals surface area contributed by atoms with Crippen LogP contribution < -0.4 is 16.0 Å². The summed E-state index contributed by atoms with van der Waals surface area (Å²) in [6.45, 7) is 1.40. The number of rotatable bonds is 2. The van der Waals surface area contributed by atoms with Crippen LogP contribution in [0.3, 0.4) is 0 Å². The molecule has 0 radical (unpaired) electrons. The molecule has 1 aromatic rings. The van der Waals surface area contributed by atoms with Gasteiger partial charge in [-0.25, -0.2) is 0 Å². The van der Waals surface area contributed by atoms with E-state index in [1.54, 1.807) is 24.3 Å². The zero-order valence-electron chi connectivity index (χ0n) is 9.53. The normalized spacial score (nSPS) is 9.29. The highest BCUT2D eigenvalue weighted by Crippen LogP contribution is 2.13. The maximum atomic E-state index is 11.2. The summed E-state index contributed by atoms with van der Waals surface area (Å²) in [5, 5.41) is 7.21. The zero-order valence-corrected chi connectivity index (χ0v) is 9.53. The Labute approximate surface area is 98.4 Å². The van der Waals surface area contributed by atoms with Crippen molar-refractivity contribution in [3.8, 4) is 0 Å². The molecule has 0 aliphatic heterocycles. The minimum atomic E-state index is -0.736. The van der Waals surface area contributed by atoms with Gasteiger partial charge in [0.15, 0.2) is 0 Å². The van der Waals surface area contributed by atoms with Crippen LogP contribution in [0.4, 0.5) is 11.4 Å². The van der Waals surface area contributed by atoms with Gasteiger partial charge in [0.1, 0.15) is 0 Å². The van der Waals surface area contributed by atoms with Crippen LogP contribution in [-0.2, 0) is 14.4 Å². The lowest BCUT2D eigenvalue weighted by molar-refractivity contribution is -0.135. The quantitative estimate of drug-likeness (QED) is 0.645. The number of hydrogen-bond acceptors (Lipinski definition) is 3. The second-order valence-electron chi connectivity index (χ2n) is 3.29. The predicted octanol–water partition coefficient (Wildman–Crippen LogP) is 0.329. The fourth-order valence-electron chi connectivity index (χ4n) is 1.14. The summed E-state index contributed by atoms with van der Waals surface area (Å²) >= 11 is 0. The van der Waals surface area contributed by atoms with Gasteiger partial charge in [0, 0.05) is 25.3 Å². The van der Waals surface area contributed by atoms with E-state index in [0.29, 0.717) is 11.4 Å². The molecule has 0 aromatic heterocycles. The summed E-state index contributed by atoms with van der Waals surface area (Å²) in [7, 11) is 1.38. The monoisotopic (exact) mass is 235 g/mol. The highest BCUT2D eigenvalue weighted by atomic mass is 16.2. The highest BCUT2D eigenvalue weighted by molar-refractivity contribution is 6.39. The summed E-state index contributed by atoms with van der Waals surface area (Å²) in [4.78, 5) is 32.9. The van der Waals surface area contributed by atoms with Crippen LogP contribution in [0.25, 0.3) is 0 Å². The molecule has 3 amide bonds. The third-order valence-electron chi connectivity index (χ3n) is 1.90. The van der Waals surface area contributed by atoms with E-state index >= 15 is 0 Å². The fraction of sp³-hybridized carbons (Fsp3) is 0.182. The van der Waals surface area contributed by atoms with Crippen LogP contribution in [0.5, 0.6) is 0 Å². The molecular formula is C11H13N3O3. The first-order valence-electron chi connectivity index (χ1n) is 4.93. The maximum absolute atomic E-state index is 11.2. The first kappa shape index (κ1) is 12.7. The van der Waals surface area contributed by atoms with Crippen molar-refractivity contribution in [2.24, 2.45) is 0 Å². The van der Waals surface area contributed by atoms with Crippen LogP contribution in [0.15, 0.2) is 24.3 Å². The third kappa shape index (κ3) is 3.94. The smallest absolute Gasteiger partial charge is 0.313 e. The van der Waals surface area contributed by atoms with Gasteiger partial charge in [-0.1, -0.05) is 0 Å². The Morgan fingerprint density at radius 1 is 0.882 bits per heavy atom. The largest absolute Gasteiger partial charge is 0.351 e. The summed E-state index contributed by atoms with van der Waals surface area (Å²) in [5.41, 5.74) is 1.10. The highest BCUT2D eigenvalue weighted by Gasteiger charge is 2.10. The van der Waals surface area contributed by atoms with Gasteiger partial charge < -0.3 is 16.0 Å². The number of amides is 3. The van der Waals surface area contributed by atoms with Crippen LogP contribution in [0.1, 0.15) is 6.92 Å². The molecule has 0 fully saturated rings. The van der Waals surface area contributed by atoms with Gasteiger partial charge >= 0.3 is 11.8 Å². The van der Waals surface area contributed by atoms with Crippen molar-refractivity contribution in [1.29, 1.82) is 0 Å². The van der Waals surface area contributed by atoms with Gasteiger partial charge in [0.2, 0.25) is 5.91 Å². The fourth-order valence-corrected chi connectivity index (χ4v) is 1.14. The topological polar surface area (TPSA) is 87.3 Å². The molecule has 0 aliphatic carbocycles. The molecule has 0 saturated carbocycles. The molecule has 0 saturated heterocycles. The van der Waals surface area contributed by atoms with E-state index in [2.05, 4.69) is 16.0 Å². The molecular weight excluding hydrogens is 222 g/mol. The number of benzene rings is 1. The Kier molecular flexibility index (Phi) is 4.21. The first-order chi connectivity index (χ1) is 8.02. The van der Waals surface area contributed by atoms with E-state index in [-0.39, 0.29) is 5.91 Å². The van der Waals surface area contributed by atoms with Gasteiger partial charge in [-0.05, 0) is 24.3 Å². The Morgan fingerprint density at radius 2 is 1.35 bits per heavy atom. The molecule has 1 aromatic carbocycles. The Hall–Kier alpha value is -2.37. The minimum absolute atomic E-state index is 0.174.